The lowest BCUT2D eigenvalue weighted by atomic mass is 10.1. The van der Waals surface area contributed by atoms with Gasteiger partial charge in [0, 0.05) is 17.0 Å². The number of nitrogens with one attached hydrogen (secondary N) is 1. The number of fused-ring (bicyclic) bond motifs is 3. The van der Waals surface area contributed by atoms with Gasteiger partial charge in [-0.15, -0.1) is 5.10 Å². The third kappa shape index (κ3) is 1.51. The number of pyridine rings is 2. The SMILES string of the molecule is O=c1ccc2cc(-c3ccccc3)c3nnnn3c2[nH]1. The summed E-state index contributed by atoms with van der Waals surface area (Å²) >= 11 is 0. The summed E-state index contributed by atoms with van der Waals surface area (Å²) in [5, 5.41) is 12.6. The van der Waals surface area contributed by atoms with Crippen LogP contribution in [0.4, 0.5) is 0 Å². The Morgan fingerprint density at radius 2 is 1.90 bits per heavy atom. The predicted molar refractivity (Wildman–Crippen MR) is 74.3 cm³/mol. The van der Waals surface area contributed by atoms with Gasteiger partial charge in [0.1, 0.15) is 5.65 Å². The van der Waals surface area contributed by atoms with Crippen molar-refractivity contribution in [3.05, 3.63) is 58.9 Å². The zero-order valence-electron chi connectivity index (χ0n) is 10.3. The predicted octanol–water partition coefficient (Wildman–Crippen LogP) is 1.63. The number of aromatic nitrogens is 5. The highest BCUT2D eigenvalue weighted by atomic mass is 16.1. The molecule has 0 radical (unpaired) electrons. The maximum Gasteiger partial charge on any atom is 0.249 e. The molecule has 0 spiro atoms. The first-order chi connectivity index (χ1) is 9.83. The number of rotatable bonds is 1. The number of H-pyrrole nitrogens is 1. The highest BCUT2D eigenvalue weighted by molar-refractivity contribution is 5.89. The van der Waals surface area contributed by atoms with Gasteiger partial charge in [-0.25, -0.2) is 0 Å². The quantitative estimate of drug-likeness (QED) is 0.566. The second kappa shape index (κ2) is 3.99. The standard InChI is InChI=1S/C14H9N5O/c20-12-7-6-10-8-11(9-4-2-1-3-5-9)14-16-17-18-19(14)13(10)15-12/h1-8H,(H,15,20). The van der Waals surface area contributed by atoms with Gasteiger partial charge >= 0.3 is 0 Å². The van der Waals surface area contributed by atoms with E-state index in [1.807, 2.05) is 36.4 Å². The first-order valence-electron chi connectivity index (χ1n) is 6.12. The Morgan fingerprint density at radius 3 is 2.75 bits per heavy atom. The van der Waals surface area contributed by atoms with E-state index in [0.29, 0.717) is 11.3 Å². The van der Waals surface area contributed by atoms with Gasteiger partial charge in [0.15, 0.2) is 5.65 Å². The van der Waals surface area contributed by atoms with Crippen molar-refractivity contribution in [1.29, 1.82) is 0 Å². The fourth-order valence-electron chi connectivity index (χ4n) is 2.32. The van der Waals surface area contributed by atoms with Crippen molar-refractivity contribution in [2.75, 3.05) is 0 Å². The normalized spacial score (nSPS) is 11.2. The van der Waals surface area contributed by atoms with E-state index in [9.17, 15) is 4.79 Å². The Morgan fingerprint density at radius 1 is 1.05 bits per heavy atom. The fourth-order valence-corrected chi connectivity index (χ4v) is 2.32. The minimum absolute atomic E-state index is 0.179. The first kappa shape index (κ1) is 10.9. The molecule has 0 aliphatic carbocycles. The van der Waals surface area contributed by atoms with Gasteiger partial charge in [-0.3, -0.25) is 4.79 Å². The molecule has 3 aromatic heterocycles. The van der Waals surface area contributed by atoms with Crippen LogP contribution in [0, 0.1) is 0 Å². The number of aromatic amines is 1. The van der Waals surface area contributed by atoms with Crippen LogP contribution in [-0.2, 0) is 0 Å². The number of benzene rings is 1. The van der Waals surface area contributed by atoms with E-state index in [2.05, 4.69) is 20.5 Å². The van der Waals surface area contributed by atoms with Gasteiger partial charge in [-0.1, -0.05) is 30.3 Å². The van der Waals surface area contributed by atoms with E-state index in [1.165, 1.54) is 6.07 Å². The molecule has 3 heterocycles. The number of tetrazole rings is 1. The molecule has 1 N–H and O–H groups in total. The van der Waals surface area contributed by atoms with Crippen LogP contribution in [0.15, 0.2) is 53.3 Å². The average Bonchev–Trinajstić information content (AvgIpc) is 2.97. The topological polar surface area (TPSA) is 75.9 Å². The van der Waals surface area contributed by atoms with E-state index in [0.717, 1.165) is 16.5 Å². The van der Waals surface area contributed by atoms with Crippen molar-refractivity contribution in [3.8, 4) is 11.1 Å². The van der Waals surface area contributed by atoms with Crippen LogP contribution in [0.3, 0.4) is 0 Å². The molecule has 4 rings (SSSR count). The van der Waals surface area contributed by atoms with Gasteiger partial charge in [0.25, 0.3) is 0 Å². The van der Waals surface area contributed by atoms with Crippen LogP contribution in [0.5, 0.6) is 0 Å². The van der Waals surface area contributed by atoms with E-state index in [-0.39, 0.29) is 5.56 Å². The third-order valence-electron chi connectivity index (χ3n) is 3.24. The highest BCUT2D eigenvalue weighted by Crippen LogP contribution is 2.26. The van der Waals surface area contributed by atoms with Crippen LogP contribution < -0.4 is 5.56 Å². The molecule has 0 fully saturated rings. The molecule has 1 aromatic carbocycles. The van der Waals surface area contributed by atoms with Crippen molar-refractivity contribution < 1.29 is 0 Å². The molecule has 0 saturated heterocycles. The van der Waals surface area contributed by atoms with Gasteiger partial charge in [-0.05, 0) is 28.1 Å². The minimum Gasteiger partial charge on any atom is -0.306 e. The summed E-state index contributed by atoms with van der Waals surface area (Å²) in [5.41, 5.74) is 2.99. The lowest BCUT2D eigenvalue weighted by Crippen LogP contribution is -2.06. The zero-order chi connectivity index (χ0) is 13.5. The molecule has 96 valence electrons. The molecule has 6 heteroatoms. The van der Waals surface area contributed by atoms with Crippen molar-refractivity contribution in [2.45, 2.75) is 0 Å². The smallest absolute Gasteiger partial charge is 0.249 e. The molecule has 0 aliphatic rings. The summed E-state index contributed by atoms with van der Waals surface area (Å²) in [6.45, 7) is 0. The van der Waals surface area contributed by atoms with E-state index >= 15 is 0 Å². The van der Waals surface area contributed by atoms with Crippen LogP contribution in [0.2, 0.25) is 0 Å². The number of hydrogen-bond donors (Lipinski definition) is 1. The Labute approximate surface area is 112 Å². The van der Waals surface area contributed by atoms with Gasteiger partial charge in [0.05, 0.1) is 0 Å². The summed E-state index contributed by atoms with van der Waals surface area (Å²) in [6.07, 6.45) is 0. The van der Waals surface area contributed by atoms with Crippen molar-refractivity contribution in [3.63, 3.8) is 0 Å². The van der Waals surface area contributed by atoms with Crippen LogP contribution in [0.1, 0.15) is 0 Å². The Balaban J connectivity index is 2.18. The van der Waals surface area contributed by atoms with Crippen LogP contribution in [0.25, 0.3) is 27.8 Å². The van der Waals surface area contributed by atoms with Crippen molar-refractivity contribution in [1.82, 2.24) is 25.0 Å². The highest BCUT2D eigenvalue weighted by Gasteiger charge is 2.11. The van der Waals surface area contributed by atoms with Crippen LogP contribution >= 0.6 is 0 Å². The van der Waals surface area contributed by atoms with Gasteiger partial charge in [0.2, 0.25) is 5.56 Å². The second-order valence-corrected chi connectivity index (χ2v) is 4.46. The lowest BCUT2D eigenvalue weighted by Gasteiger charge is -2.05. The first-order valence-corrected chi connectivity index (χ1v) is 6.12. The monoisotopic (exact) mass is 263 g/mol. The fraction of sp³-hybridized carbons (Fsp3) is 0. The van der Waals surface area contributed by atoms with Crippen molar-refractivity contribution in [2.24, 2.45) is 0 Å². The summed E-state index contributed by atoms with van der Waals surface area (Å²) in [4.78, 5) is 14.2. The Kier molecular flexibility index (Phi) is 2.17. The average molecular weight is 263 g/mol. The molecular weight excluding hydrogens is 254 g/mol. The minimum atomic E-state index is -0.179. The maximum atomic E-state index is 11.5. The van der Waals surface area contributed by atoms with Gasteiger partial charge in [-0.2, -0.15) is 4.52 Å². The zero-order valence-corrected chi connectivity index (χ0v) is 10.3. The summed E-state index contributed by atoms with van der Waals surface area (Å²) in [7, 11) is 0. The molecule has 0 aliphatic heterocycles. The van der Waals surface area contributed by atoms with E-state index in [1.54, 1.807) is 10.6 Å². The largest absolute Gasteiger partial charge is 0.306 e. The summed E-state index contributed by atoms with van der Waals surface area (Å²) < 4.78 is 1.55. The molecule has 0 bridgehead atoms. The van der Waals surface area contributed by atoms with Crippen LogP contribution in [-0.4, -0.2) is 25.0 Å². The molecule has 0 saturated carbocycles. The molecule has 0 unspecified atom stereocenters. The summed E-state index contributed by atoms with van der Waals surface area (Å²) in [6, 6.07) is 15.1. The second-order valence-electron chi connectivity index (χ2n) is 4.46. The summed E-state index contributed by atoms with van der Waals surface area (Å²) in [5.74, 6) is 0. The molecule has 4 aromatic rings. The molecule has 6 nitrogen and oxygen atoms in total. The van der Waals surface area contributed by atoms with E-state index in [4.69, 9.17) is 0 Å². The lowest BCUT2D eigenvalue weighted by molar-refractivity contribution is 0.834. The number of nitrogens with zero attached hydrogens (tertiary/aromatic N) is 4. The molecule has 20 heavy (non-hydrogen) atoms. The Bertz CT molecular complexity index is 971. The maximum absolute atomic E-state index is 11.5. The Hall–Kier alpha value is -3.02. The molecule has 0 amide bonds. The van der Waals surface area contributed by atoms with E-state index < -0.39 is 0 Å². The molecular formula is C14H9N5O. The number of hydrogen-bond acceptors (Lipinski definition) is 4. The van der Waals surface area contributed by atoms with Gasteiger partial charge < -0.3 is 4.98 Å². The third-order valence-corrected chi connectivity index (χ3v) is 3.24. The van der Waals surface area contributed by atoms with Crippen molar-refractivity contribution >= 4 is 16.7 Å². The molecule has 0 atom stereocenters.